The molecule has 38 heavy (non-hydrogen) atoms. The molecule has 9 nitrogen and oxygen atoms in total. The van der Waals surface area contributed by atoms with Crippen LogP contribution in [0, 0.1) is 17.0 Å². The minimum Gasteiger partial charge on any atom is -0.457 e. The van der Waals surface area contributed by atoms with Gasteiger partial charge < -0.3 is 15.4 Å². The van der Waals surface area contributed by atoms with Crippen LogP contribution in [0.2, 0.25) is 0 Å². The van der Waals surface area contributed by atoms with Crippen molar-refractivity contribution in [3.8, 4) is 11.5 Å². The normalized spacial score (nSPS) is 10.3. The fourth-order valence-electron chi connectivity index (χ4n) is 3.70. The zero-order chi connectivity index (χ0) is 26.9. The summed E-state index contributed by atoms with van der Waals surface area (Å²) in [5, 5.41) is 16.5. The van der Waals surface area contributed by atoms with Gasteiger partial charge in [-0.05, 0) is 73.2 Å². The van der Waals surface area contributed by atoms with Crippen molar-refractivity contribution in [1.29, 1.82) is 0 Å². The van der Waals surface area contributed by atoms with Crippen LogP contribution in [-0.4, -0.2) is 30.0 Å². The molecule has 0 aliphatic rings. The van der Waals surface area contributed by atoms with E-state index in [2.05, 4.69) is 10.6 Å². The van der Waals surface area contributed by atoms with Crippen molar-refractivity contribution < 1.29 is 19.2 Å². The number of amides is 3. The van der Waals surface area contributed by atoms with Crippen LogP contribution in [0.1, 0.15) is 15.9 Å². The van der Waals surface area contributed by atoms with Crippen molar-refractivity contribution in [2.45, 2.75) is 6.92 Å². The summed E-state index contributed by atoms with van der Waals surface area (Å²) in [6, 6.07) is 28.9. The van der Waals surface area contributed by atoms with Crippen LogP contribution < -0.4 is 20.3 Å². The second-order valence-corrected chi connectivity index (χ2v) is 8.42. The first-order valence-electron chi connectivity index (χ1n) is 11.9. The van der Waals surface area contributed by atoms with E-state index in [1.807, 2.05) is 55.5 Å². The summed E-state index contributed by atoms with van der Waals surface area (Å²) in [4.78, 5) is 37.6. The zero-order valence-electron chi connectivity index (χ0n) is 20.7. The van der Waals surface area contributed by atoms with Crippen molar-refractivity contribution >= 4 is 29.0 Å². The van der Waals surface area contributed by atoms with Gasteiger partial charge in [-0.1, -0.05) is 30.3 Å². The SMILES string of the molecule is Cc1cccc(NC(=O)N(CCNC(=O)c2ccc([N+](=O)[O-])cc2)c2ccc(Oc3ccccc3)cc2)c1. The number of hydrogen-bond acceptors (Lipinski definition) is 5. The Morgan fingerprint density at radius 2 is 1.55 bits per heavy atom. The van der Waals surface area contributed by atoms with Gasteiger partial charge in [0, 0.05) is 42.2 Å². The second-order valence-electron chi connectivity index (χ2n) is 8.42. The number of carbonyl (C=O) groups is 2. The largest absolute Gasteiger partial charge is 0.457 e. The van der Waals surface area contributed by atoms with Crippen molar-refractivity contribution in [3.05, 3.63) is 124 Å². The lowest BCUT2D eigenvalue weighted by Gasteiger charge is -2.24. The van der Waals surface area contributed by atoms with E-state index in [0.717, 1.165) is 5.56 Å². The fourth-order valence-corrected chi connectivity index (χ4v) is 3.70. The molecule has 0 bridgehead atoms. The summed E-state index contributed by atoms with van der Waals surface area (Å²) in [5.74, 6) is 0.916. The molecule has 0 aliphatic heterocycles. The number of benzene rings is 4. The average molecular weight is 511 g/mol. The first-order valence-corrected chi connectivity index (χ1v) is 11.9. The van der Waals surface area contributed by atoms with Gasteiger partial charge in [-0.15, -0.1) is 0 Å². The molecular formula is C29H26N4O5. The summed E-state index contributed by atoms with van der Waals surface area (Å²) in [5.41, 5.74) is 2.46. The average Bonchev–Trinajstić information content (AvgIpc) is 2.92. The molecule has 0 spiro atoms. The number of nitrogens with zero attached hydrogens (tertiary/aromatic N) is 2. The summed E-state index contributed by atoms with van der Waals surface area (Å²) in [7, 11) is 0. The summed E-state index contributed by atoms with van der Waals surface area (Å²) < 4.78 is 5.85. The number of rotatable bonds is 9. The Morgan fingerprint density at radius 1 is 0.868 bits per heavy atom. The number of carbonyl (C=O) groups excluding carboxylic acids is 2. The number of hydrogen-bond donors (Lipinski definition) is 2. The molecule has 4 rings (SSSR count). The quantitative estimate of drug-likeness (QED) is 0.207. The minimum atomic E-state index is -0.525. The number of ether oxygens (including phenoxy) is 1. The molecule has 0 unspecified atom stereocenters. The summed E-state index contributed by atoms with van der Waals surface area (Å²) in [6.07, 6.45) is 0. The zero-order valence-corrected chi connectivity index (χ0v) is 20.7. The number of aryl methyl sites for hydroxylation is 1. The smallest absolute Gasteiger partial charge is 0.326 e. The molecule has 0 aliphatic carbocycles. The maximum atomic E-state index is 13.3. The van der Waals surface area contributed by atoms with E-state index < -0.39 is 10.8 Å². The molecule has 4 aromatic rings. The molecule has 2 N–H and O–H groups in total. The third kappa shape index (κ3) is 6.94. The number of non-ortho nitro benzene ring substituents is 1. The number of nitro groups is 1. The minimum absolute atomic E-state index is 0.0970. The standard InChI is InChI=1S/C29H26N4O5/c1-21-6-5-7-23(20-21)31-29(35)32(19-18-30-28(34)22-10-12-25(13-11-22)33(36)37)24-14-16-27(17-15-24)38-26-8-3-2-4-9-26/h2-17,20H,18-19H2,1H3,(H,30,34)(H,31,35). The van der Waals surface area contributed by atoms with Gasteiger partial charge in [0.2, 0.25) is 0 Å². The molecule has 0 saturated heterocycles. The van der Waals surface area contributed by atoms with Gasteiger partial charge >= 0.3 is 6.03 Å². The Bertz CT molecular complexity index is 1410. The van der Waals surface area contributed by atoms with E-state index >= 15 is 0 Å². The highest BCUT2D eigenvalue weighted by Crippen LogP contribution is 2.25. The first-order chi connectivity index (χ1) is 18.4. The summed E-state index contributed by atoms with van der Waals surface area (Å²) in [6.45, 7) is 2.27. The molecule has 0 fully saturated rings. The van der Waals surface area contributed by atoms with Gasteiger partial charge in [0.25, 0.3) is 11.6 Å². The summed E-state index contributed by atoms with van der Waals surface area (Å²) >= 11 is 0. The number of nitrogens with one attached hydrogen (secondary N) is 2. The van der Waals surface area contributed by atoms with E-state index in [1.165, 1.54) is 29.2 Å². The number of nitro benzene ring substituents is 1. The first kappa shape index (κ1) is 25.9. The number of para-hydroxylation sites is 1. The molecule has 4 aromatic carbocycles. The van der Waals surface area contributed by atoms with Gasteiger partial charge in [-0.2, -0.15) is 0 Å². The van der Waals surface area contributed by atoms with Crippen LogP contribution in [0.25, 0.3) is 0 Å². The third-order valence-corrected chi connectivity index (χ3v) is 5.60. The van der Waals surface area contributed by atoms with Crippen molar-refractivity contribution in [3.63, 3.8) is 0 Å². The third-order valence-electron chi connectivity index (χ3n) is 5.60. The lowest BCUT2D eigenvalue weighted by atomic mass is 10.2. The molecule has 0 heterocycles. The molecule has 0 aromatic heterocycles. The van der Waals surface area contributed by atoms with E-state index in [0.29, 0.717) is 22.9 Å². The molecule has 192 valence electrons. The molecular weight excluding hydrogens is 484 g/mol. The lowest BCUT2D eigenvalue weighted by molar-refractivity contribution is -0.384. The Kier molecular flexibility index (Phi) is 8.30. The van der Waals surface area contributed by atoms with E-state index in [4.69, 9.17) is 4.74 Å². The van der Waals surface area contributed by atoms with E-state index in [1.54, 1.807) is 30.3 Å². The monoisotopic (exact) mass is 510 g/mol. The highest BCUT2D eigenvalue weighted by atomic mass is 16.6. The molecule has 0 radical (unpaired) electrons. The van der Waals surface area contributed by atoms with Gasteiger partial charge in [-0.25, -0.2) is 4.79 Å². The molecule has 3 amide bonds. The van der Waals surface area contributed by atoms with Gasteiger partial charge in [0.05, 0.1) is 4.92 Å². The molecule has 0 atom stereocenters. The second kappa shape index (κ2) is 12.2. The highest BCUT2D eigenvalue weighted by molar-refractivity contribution is 6.02. The van der Waals surface area contributed by atoms with Crippen LogP contribution in [0.3, 0.4) is 0 Å². The molecule has 9 heteroatoms. The Balaban J connectivity index is 1.46. The van der Waals surface area contributed by atoms with Crippen molar-refractivity contribution in [1.82, 2.24) is 5.32 Å². The van der Waals surface area contributed by atoms with Gasteiger partial charge in [0.1, 0.15) is 11.5 Å². The van der Waals surface area contributed by atoms with Crippen LogP contribution in [0.5, 0.6) is 11.5 Å². The predicted octanol–water partition coefficient (Wildman–Crippen LogP) is 6.16. The molecule has 0 saturated carbocycles. The number of anilines is 2. The Morgan fingerprint density at radius 3 is 2.21 bits per heavy atom. The number of urea groups is 1. The van der Waals surface area contributed by atoms with E-state index in [9.17, 15) is 19.7 Å². The van der Waals surface area contributed by atoms with Crippen LogP contribution >= 0.6 is 0 Å². The highest BCUT2D eigenvalue weighted by Gasteiger charge is 2.17. The van der Waals surface area contributed by atoms with Crippen molar-refractivity contribution in [2.24, 2.45) is 0 Å². The fraction of sp³-hybridized carbons (Fsp3) is 0.103. The van der Waals surface area contributed by atoms with Crippen LogP contribution in [0.15, 0.2) is 103 Å². The van der Waals surface area contributed by atoms with Crippen LogP contribution in [0.4, 0.5) is 21.9 Å². The Labute approximate surface area is 219 Å². The topological polar surface area (TPSA) is 114 Å². The van der Waals surface area contributed by atoms with Gasteiger partial charge in [-0.3, -0.25) is 19.8 Å². The van der Waals surface area contributed by atoms with Gasteiger partial charge in [0.15, 0.2) is 0 Å². The lowest BCUT2D eigenvalue weighted by Crippen LogP contribution is -2.41. The predicted molar refractivity (Wildman–Crippen MR) is 146 cm³/mol. The van der Waals surface area contributed by atoms with E-state index in [-0.39, 0.29) is 30.4 Å². The maximum absolute atomic E-state index is 13.3. The van der Waals surface area contributed by atoms with Crippen molar-refractivity contribution in [2.75, 3.05) is 23.3 Å². The maximum Gasteiger partial charge on any atom is 0.326 e. The Hall–Kier alpha value is -5.18. The van der Waals surface area contributed by atoms with Crippen LogP contribution in [-0.2, 0) is 0 Å².